The summed E-state index contributed by atoms with van der Waals surface area (Å²) in [7, 11) is 0. The molecule has 1 aliphatic heterocycles. The van der Waals surface area contributed by atoms with E-state index in [-0.39, 0.29) is 11.8 Å². The lowest BCUT2D eigenvalue weighted by Crippen LogP contribution is -2.39. The van der Waals surface area contributed by atoms with Gasteiger partial charge in [0.2, 0.25) is 0 Å². The standard InChI is InChI=1S/C17H24FNO3/c1-17(2,3)16(20)22-19-10-8-13(9-11-19)12-21-15-6-4-14(18)5-7-15/h4-7,13H,8-12H2,1-3H3. The molecule has 1 aliphatic rings. The molecule has 5 heteroatoms. The highest BCUT2D eigenvalue weighted by atomic mass is 19.1. The number of nitrogens with zero attached hydrogens (tertiary/aromatic N) is 1. The predicted molar refractivity (Wildman–Crippen MR) is 81.7 cm³/mol. The average molecular weight is 309 g/mol. The molecular weight excluding hydrogens is 285 g/mol. The van der Waals surface area contributed by atoms with Crippen molar-refractivity contribution in [1.82, 2.24) is 5.06 Å². The van der Waals surface area contributed by atoms with Gasteiger partial charge in [0.05, 0.1) is 12.0 Å². The zero-order valence-electron chi connectivity index (χ0n) is 13.5. The number of hydroxylamine groups is 2. The first kappa shape index (κ1) is 16.7. The second-order valence-electron chi connectivity index (χ2n) is 6.77. The van der Waals surface area contributed by atoms with E-state index in [1.165, 1.54) is 12.1 Å². The minimum absolute atomic E-state index is 0.200. The Morgan fingerprint density at radius 3 is 2.36 bits per heavy atom. The summed E-state index contributed by atoms with van der Waals surface area (Å²) in [6.45, 7) is 7.58. The number of rotatable bonds is 4. The van der Waals surface area contributed by atoms with Crippen LogP contribution in [-0.2, 0) is 9.63 Å². The Bertz CT molecular complexity index is 488. The zero-order chi connectivity index (χ0) is 16.2. The van der Waals surface area contributed by atoms with Gasteiger partial charge in [0.1, 0.15) is 11.6 Å². The first-order valence-electron chi connectivity index (χ1n) is 7.70. The molecule has 122 valence electrons. The van der Waals surface area contributed by atoms with Crippen molar-refractivity contribution >= 4 is 5.97 Å². The van der Waals surface area contributed by atoms with E-state index in [2.05, 4.69) is 0 Å². The van der Waals surface area contributed by atoms with Crippen LogP contribution in [0.15, 0.2) is 24.3 Å². The smallest absolute Gasteiger partial charge is 0.330 e. The van der Waals surface area contributed by atoms with Crippen molar-refractivity contribution in [3.8, 4) is 5.75 Å². The van der Waals surface area contributed by atoms with E-state index < -0.39 is 5.41 Å². The number of piperidine rings is 1. The van der Waals surface area contributed by atoms with Gasteiger partial charge in [0.15, 0.2) is 0 Å². The van der Waals surface area contributed by atoms with Crippen molar-refractivity contribution < 1.29 is 18.8 Å². The highest BCUT2D eigenvalue weighted by Crippen LogP contribution is 2.22. The van der Waals surface area contributed by atoms with Crippen molar-refractivity contribution in [3.63, 3.8) is 0 Å². The molecule has 0 saturated carbocycles. The van der Waals surface area contributed by atoms with Crippen molar-refractivity contribution in [3.05, 3.63) is 30.1 Å². The van der Waals surface area contributed by atoms with Crippen LogP contribution in [0.2, 0.25) is 0 Å². The van der Waals surface area contributed by atoms with E-state index >= 15 is 0 Å². The summed E-state index contributed by atoms with van der Waals surface area (Å²) in [6, 6.07) is 6.05. The SMILES string of the molecule is CC(C)(C)C(=O)ON1CCC(COc2ccc(F)cc2)CC1. The van der Waals surface area contributed by atoms with Gasteiger partial charge < -0.3 is 9.57 Å². The average Bonchev–Trinajstić information content (AvgIpc) is 2.47. The number of hydrogen-bond acceptors (Lipinski definition) is 4. The van der Waals surface area contributed by atoms with Crippen LogP contribution >= 0.6 is 0 Å². The first-order chi connectivity index (χ1) is 10.3. The molecule has 0 bridgehead atoms. The molecule has 0 atom stereocenters. The maximum absolute atomic E-state index is 12.8. The fourth-order valence-electron chi connectivity index (χ4n) is 2.17. The summed E-state index contributed by atoms with van der Waals surface area (Å²) >= 11 is 0. The highest BCUT2D eigenvalue weighted by Gasteiger charge is 2.28. The minimum atomic E-state index is -0.484. The van der Waals surface area contributed by atoms with E-state index in [9.17, 15) is 9.18 Å². The third kappa shape index (κ3) is 4.98. The Hall–Kier alpha value is -1.62. The molecule has 22 heavy (non-hydrogen) atoms. The molecule has 0 amide bonds. The van der Waals surface area contributed by atoms with Crippen molar-refractivity contribution in [1.29, 1.82) is 0 Å². The molecule has 0 unspecified atom stereocenters. The topological polar surface area (TPSA) is 38.8 Å². The van der Waals surface area contributed by atoms with Crippen LogP contribution in [0.5, 0.6) is 5.75 Å². The molecule has 1 aromatic rings. The number of ether oxygens (including phenoxy) is 1. The zero-order valence-corrected chi connectivity index (χ0v) is 13.5. The summed E-state index contributed by atoms with van der Waals surface area (Å²) in [5, 5.41) is 1.74. The molecule has 1 fully saturated rings. The summed E-state index contributed by atoms with van der Waals surface area (Å²) in [6.07, 6.45) is 1.83. The number of benzene rings is 1. The van der Waals surface area contributed by atoms with Crippen molar-refractivity contribution in [2.45, 2.75) is 33.6 Å². The quantitative estimate of drug-likeness (QED) is 0.854. The Kier molecular flexibility index (Phi) is 5.40. The van der Waals surface area contributed by atoms with Gasteiger partial charge in [-0.2, -0.15) is 0 Å². The van der Waals surface area contributed by atoms with Gasteiger partial charge in [-0.1, -0.05) is 0 Å². The number of hydrogen-bond donors (Lipinski definition) is 0. The van der Waals surface area contributed by atoms with E-state index in [4.69, 9.17) is 9.57 Å². The van der Waals surface area contributed by atoms with Crippen molar-refractivity contribution in [2.75, 3.05) is 19.7 Å². The lowest BCUT2D eigenvalue weighted by Gasteiger charge is -2.32. The summed E-state index contributed by atoms with van der Waals surface area (Å²) in [4.78, 5) is 17.2. The Morgan fingerprint density at radius 1 is 1.23 bits per heavy atom. The number of halogens is 1. The summed E-state index contributed by atoms with van der Waals surface area (Å²) in [5.74, 6) is 0.646. The summed E-state index contributed by atoms with van der Waals surface area (Å²) < 4.78 is 18.5. The molecular formula is C17H24FNO3. The Morgan fingerprint density at radius 2 is 1.82 bits per heavy atom. The van der Waals surface area contributed by atoms with Crippen LogP contribution in [0.3, 0.4) is 0 Å². The normalized spacial score (nSPS) is 17.3. The second-order valence-corrected chi connectivity index (χ2v) is 6.77. The molecule has 4 nitrogen and oxygen atoms in total. The largest absolute Gasteiger partial charge is 0.493 e. The fourth-order valence-corrected chi connectivity index (χ4v) is 2.17. The summed E-state index contributed by atoms with van der Waals surface area (Å²) in [5.41, 5.74) is -0.484. The van der Waals surface area contributed by atoms with Crippen LogP contribution in [-0.4, -0.2) is 30.7 Å². The highest BCUT2D eigenvalue weighted by molar-refractivity contribution is 5.75. The van der Waals surface area contributed by atoms with Gasteiger partial charge in [-0.05, 0) is 63.8 Å². The van der Waals surface area contributed by atoms with Gasteiger partial charge in [0, 0.05) is 13.1 Å². The van der Waals surface area contributed by atoms with Crippen LogP contribution in [0.25, 0.3) is 0 Å². The predicted octanol–water partition coefficient (Wildman–Crippen LogP) is 3.42. The molecule has 1 aromatic carbocycles. The van der Waals surface area contributed by atoms with Gasteiger partial charge in [-0.15, -0.1) is 5.06 Å². The van der Waals surface area contributed by atoms with Gasteiger partial charge >= 0.3 is 5.97 Å². The monoisotopic (exact) mass is 309 g/mol. The minimum Gasteiger partial charge on any atom is -0.493 e. The molecule has 0 spiro atoms. The maximum atomic E-state index is 12.8. The fraction of sp³-hybridized carbons (Fsp3) is 0.588. The molecule has 0 aliphatic carbocycles. The Balaban J connectivity index is 1.71. The van der Waals surface area contributed by atoms with E-state index in [1.807, 2.05) is 20.8 Å². The molecule has 1 heterocycles. The lowest BCUT2D eigenvalue weighted by molar-refractivity contribution is -0.206. The van der Waals surface area contributed by atoms with Gasteiger partial charge in [0.25, 0.3) is 0 Å². The van der Waals surface area contributed by atoms with Crippen LogP contribution < -0.4 is 4.74 Å². The second kappa shape index (κ2) is 7.09. The number of carbonyl (C=O) groups excluding carboxylic acids is 1. The molecule has 0 N–H and O–H groups in total. The van der Waals surface area contributed by atoms with Crippen LogP contribution in [0, 0.1) is 17.2 Å². The van der Waals surface area contributed by atoms with Crippen LogP contribution in [0.1, 0.15) is 33.6 Å². The molecule has 0 radical (unpaired) electrons. The maximum Gasteiger partial charge on any atom is 0.330 e. The van der Waals surface area contributed by atoms with Crippen LogP contribution in [0.4, 0.5) is 4.39 Å². The van der Waals surface area contributed by atoms with E-state index in [1.54, 1.807) is 17.2 Å². The van der Waals surface area contributed by atoms with Crippen molar-refractivity contribution in [2.24, 2.45) is 11.3 Å². The first-order valence-corrected chi connectivity index (χ1v) is 7.70. The molecule has 1 saturated heterocycles. The number of carbonyl (C=O) groups is 1. The molecule has 0 aromatic heterocycles. The third-order valence-electron chi connectivity index (χ3n) is 3.70. The van der Waals surface area contributed by atoms with E-state index in [0.717, 1.165) is 25.9 Å². The molecule has 2 rings (SSSR count). The van der Waals surface area contributed by atoms with Gasteiger partial charge in [-0.25, -0.2) is 9.18 Å². The lowest BCUT2D eigenvalue weighted by atomic mass is 9.97. The Labute approximate surface area is 131 Å². The third-order valence-corrected chi connectivity index (χ3v) is 3.70. The van der Waals surface area contributed by atoms with E-state index in [0.29, 0.717) is 18.3 Å². The van der Waals surface area contributed by atoms with Gasteiger partial charge in [-0.3, -0.25) is 0 Å².